The van der Waals surface area contributed by atoms with E-state index in [4.69, 9.17) is 4.74 Å². The third-order valence-electron chi connectivity index (χ3n) is 4.88. The van der Waals surface area contributed by atoms with Crippen LogP contribution in [0.5, 0.6) is 5.88 Å². The molecule has 1 fully saturated rings. The Hall–Kier alpha value is -3.00. The maximum atomic E-state index is 12.4. The van der Waals surface area contributed by atoms with Crippen LogP contribution in [0.2, 0.25) is 0 Å². The van der Waals surface area contributed by atoms with Crippen LogP contribution in [0.4, 0.5) is 5.82 Å². The number of piperidine rings is 1. The molecular weight excluding hydrogens is 398 g/mol. The van der Waals surface area contributed by atoms with Crippen molar-refractivity contribution >= 4 is 23.1 Å². The molecule has 30 heavy (non-hydrogen) atoms. The van der Waals surface area contributed by atoms with Crippen molar-refractivity contribution in [2.75, 3.05) is 31.1 Å². The number of anilines is 1. The van der Waals surface area contributed by atoms with E-state index in [1.54, 1.807) is 5.38 Å². The minimum Gasteiger partial charge on any atom is -0.476 e. The molecule has 0 bridgehead atoms. The number of benzene rings is 1. The van der Waals surface area contributed by atoms with Crippen LogP contribution >= 0.6 is 11.3 Å². The zero-order valence-corrected chi connectivity index (χ0v) is 17.8. The van der Waals surface area contributed by atoms with Gasteiger partial charge in [-0.2, -0.15) is 4.98 Å². The van der Waals surface area contributed by atoms with Gasteiger partial charge in [-0.05, 0) is 26.2 Å². The highest BCUT2D eigenvalue weighted by Gasteiger charge is 2.15. The van der Waals surface area contributed by atoms with Crippen molar-refractivity contribution in [3.63, 3.8) is 0 Å². The molecule has 1 aliphatic heterocycles. The predicted molar refractivity (Wildman–Crippen MR) is 118 cm³/mol. The van der Waals surface area contributed by atoms with E-state index in [0.717, 1.165) is 29.5 Å². The number of aromatic nitrogens is 3. The zero-order chi connectivity index (χ0) is 20.8. The van der Waals surface area contributed by atoms with Crippen LogP contribution in [0.1, 0.15) is 35.6 Å². The van der Waals surface area contributed by atoms with Gasteiger partial charge in [-0.1, -0.05) is 30.3 Å². The van der Waals surface area contributed by atoms with E-state index in [0.29, 0.717) is 30.5 Å². The first-order valence-corrected chi connectivity index (χ1v) is 11.1. The molecule has 0 radical (unpaired) electrons. The summed E-state index contributed by atoms with van der Waals surface area (Å²) >= 11 is 1.46. The highest BCUT2D eigenvalue weighted by atomic mass is 32.1. The molecule has 0 saturated carbocycles. The van der Waals surface area contributed by atoms with Crippen molar-refractivity contribution in [2.45, 2.75) is 26.2 Å². The number of nitrogens with zero attached hydrogens (tertiary/aromatic N) is 4. The lowest BCUT2D eigenvalue weighted by molar-refractivity contribution is 0.0942. The molecule has 4 rings (SSSR count). The summed E-state index contributed by atoms with van der Waals surface area (Å²) in [5.74, 6) is 1.94. The summed E-state index contributed by atoms with van der Waals surface area (Å²) in [6, 6.07) is 11.7. The molecule has 1 saturated heterocycles. The third-order valence-corrected chi connectivity index (χ3v) is 5.77. The first-order valence-electron chi connectivity index (χ1n) is 10.2. The Labute approximate surface area is 180 Å². The molecule has 0 atom stereocenters. The smallest absolute Gasteiger partial charge is 0.270 e. The third kappa shape index (κ3) is 5.13. The molecule has 3 aromatic rings. The predicted octanol–water partition coefficient (Wildman–Crippen LogP) is 3.71. The Morgan fingerprint density at radius 2 is 1.93 bits per heavy atom. The van der Waals surface area contributed by atoms with Gasteiger partial charge >= 0.3 is 0 Å². The van der Waals surface area contributed by atoms with Crippen molar-refractivity contribution in [3.05, 3.63) is 53.3 Å². The second-order valence-electron chi connectivity index (χ2n) is 7.17. The second-order valence-corrected chi connectivity index (χ2v) is 8.03. The lowest BCUT2D eigenvalue weighted by Crippen LogP contribution is -2.30. The number of ether oxygens (including phenoxy) is 1. The highest BCUT2D eigenvalue weighted by molar-refractivity contribution is 7.13. The van der Waals surface area contributed by atoms with E-state index in [9.17, 15) is 4.79 Å². The van der Waals surface area contributed by atoms with Crippen molar-refractivity contribution in [3.8, 4) is 16.5 Å². The Morgan fingerprint density at radius 1 is 1.13 bits per heavy atom. The van der Waals surface area contributed by atoms with E-state index in [1.807, 2.05) is 43.3 Å². The summed E-state index contributed by atoms with van der Waals surface area (Å²) in [6.07, 6.45) is 3.65. The van der Waals surface area contributed by atoms with Crippen molar-refractivity contribution in [1.29, 1.82) is 0 Å². The quantitative estimate of drug-likeness (QED) is 0.584. The number of hydrogen-bond acceptors (Lipinski definition) is 7. The number of rotatable bonds is 7. The van der Waals surface area contributed by atoms with Gasteiger partial charge in [0.2, 0.25) is 5.88 Å². The molecule has 3 heterocycles. The van der Waals surface area contributed by atoms with Crippen molar-refractivity contribution in [2.24, 2.45) is 0 Å². The largest absolute Gasteiger partial charge is 0.476 e. The number of thiazole rings is 1. The number of amides is 1. The summed E-state index contributed by atoms with van der Waals surface area (Å²) in [4.78, 5) is 28.0. The SMILES string of the molecule is Cc1nc(OCCNC(=O)c2csc(-c3ccccc3)n2)cc(N2CCCCC2)n1. The van der Waals surface area contributed by atoms with Crippen LogP contribution in [0, 0.1) is 6.92 Å². The normalized spacial score (nSPS) is 13.8. The summed E-state index contributed by atoms with van der Waals surface area (Å²) in [7, 11) is 0. The van der Waals surface area contributed by atoms with Gasteiger partial charge in [0.1, 0.15) is 29.0 Å². The van der Waals surface area contributed by atoms with Crippen LogP contribution in [0.3, 0.4) is 0 Å². The number of nitrogens with one attached hydrogen (secondary N) is 1. The number of hydrogen-bond donors (Lipinski definition) is 1. The summed E-state index contributed by atoms with van der Waals surface area (Å²) in [5, 5.41) is 5.46. The van der Waals surface area contributed by atoms with Gasteiger partial charge in [-0.3, -0.25) is 4.79 Å². The Balaban J connectivity index is 1.28. The molecule has 7 nitrogen and oxygen atoms in total. The monoisotopic (exact) mass is 423 g/mol. The van der Waals surface area contributed by atoms with E-state index in [-0.39, 0.29) is 5.91 Å². The lowest BCUT2D eigenvalue weighted by atomic mass is 10.1. The van der Waals surface area contributed by atoms with Crippen LogP contribution in [0.25, 0.3) is 10.6 Å². The molecule has 1 amide bonds. The van der Waals surface area contributed by atoms with Crippen LogP contribution in [0.15, 0.2) is 41.8 Å². The molecule has 1 aliphatic rings. The van der Waals surface area contributed by atoms with E-state index in [1.165, 1.54) is 30.6 Å². The Bertz CT molecular complexity index is 986. The fraction of sp³-hybridized carbons (Fsp3) is 0.364. The van der Waals surface area contributed by atoms with Gasteiger partial charge in [0, 0.05) is 30.1 Å². The Kier molecular flexibility index (Phi) is 6.53. The van der Waals surface area contributed by atoms with Crippen molar-refractivity contribution in [1.82, 2.24) is 20.3 Å². The lowest BCUT2D eigenvalue weighted by Gasteiger charge is -2.28. The first-order chi connectivity index (χ1) is 14.7. The molecule has 0 aliphatic carbocycles. The van der Waals surface area contributed by atoms with Gasteiger partial charge in [0.25, 0.3) is 5.91 Å². The molecule has 0 unspecified atom stereocenters. The first kappa shape index (κ1) is 20.3. The summed E-state index contributed by atoms with van der Waals surface area (Å²) in [6.45, 7) is 4.61. The molecule has 156 valence electrons. The van der Waals surface area contributed by atoms with Gasteiger partial charge in [-0.25, -0.2) is 9.97 Å². The van der Waals surface area contributed by atoms with Gasteiger partial charge in [0.05, 0.1) is 6.54 Å². The van der Waals surface area contributed by atoms with Gasteiger partial charge in [0.15, 0.2) is 0 Å². The van der Waals surface area contributed by atoms with E-state index < -0.39 is 0 Å². The molecule has 1 N–H and O–H groups in total. The summed E-state index contributed by atoms with van der Waals surface area (Å²) < 4.78 is 5.77. The Morgan fingerprint density at radius 3 is 2.73 bits per heavy atom. The molecule has 2 aromatic heterocycles. The maximum Gasteiger partial charge on any atom is 0.270 e. The van der Waals surface area contributed by atoms with E-state index >= 15 is 0 Å². The molecular formula is C22H25N5O2S. The molecule has 0 spiro atoms. The highest BCUT2D eigenvalue weighted by Crippen LogP contribution is 2.23. The topological polar surface area (TPSA) is 80.2 Å². The second kappa shape index (κ2) is 9.67. The van der Waals surface area contributed by atoms with Crippen LogP contribution < -0.4 is 15.0 Å². The van der Waals surface area contributed by atoms with Crippen LogP contribution in [-0.2, 0) is 0 Å². The average Bonchev–Trinajstić information content (AvgIpc) is 3.28. The minimum atomic E-state index is -0.204. The van der Waals surface area contributed by atoms with Crippen molar-refractivity contribution < 1.29 is 9.53 Å². The van der Waals surface area contributed by atoms with Gasteiger partial charge < -0.3 is 15.0 Å². The fourth-order valence-electron chi connectivity index (χ4n) is 3.39. The zero-order valence-electron chi connectivity index (χ0n) is 17.0. The average molecular weight is 424 g/mol. The maximum absolute atomic E-state index is 12.4. The fourth-order valence-corrected chi connectivity index (χ4v) is 4.19. The van der Waals surface area contributed by atoms with Gasteiger partial charge in [-0.15, -0.1) is 11.3 Å². The number of aryl methyl sites for hydroxylation is 1. The molecule has 1 aromatic carbocycles. The number of carbonyl (C=O) groups is 1. The number of carbonyl (C=O) groups excluding carboxylic acids is 1. The minimum absolute atomic E-state index is 0.204. The van der Waals surface area contributed by atoms with E-state index in [2.05, 4.69) is 25.2 Å². The van der Waals surface area contributed by atoms with Crippen LogP contribution in [-0.4, -0.2) is 47.1 Å². The molecule has 8 heteroatoms. The standard InChI is InChI=1S/C22H25N5O2S/c1-16-24-19(27-11-6-3-7-12-27)14-20(25-16)29-13-10-23-21(28)18-15-30-22(26-18)17-8-4-2-5-9-17/h2,4-5,8-9,14-15H,3,6-7,10-13H2,1H3,(H,23,28). The summed E-state index contributed by atoms with van der Waals surface area (Å²) in [5.41, 5.74) is 1.43.